The van der Waals surface area contributed by atoms with Crippen LogP contribution >= 0.6 is 0 Å². The quantitative estimate of drug-likeness (QED) is 0.781. The van der Waals surface area contributed by atoms with Crippen molar-refractivity contribution in [2.24, 2.45) is 5.73 Å². The second kappa shape index (κ2) is 6.24. The van der Waals surface area contributed by atoms with E-state index in [-0.39, 0.29) is 0 Å². The molecule has 0 fully saturated rings. The first-order valence-electron chi connectivity index (χ1n) is 6.87. The van der Waals surface area contributed by atoms with Gasteiger partial charge in [-0.2, -0.15) is 5.10 Å². The van der Waals surface area contributed by atoms with Crippen LogP contribution in [0.2, 0.25) is 0 Å². The Kier molecular flexibility index (Phi) is 3.98. The van der Waals surface area contributed by atoms with Gasteiger partial charge >= 0.3 is 0 Å². The van der Waals surface area contributed by atoms with Crippen LogP contribution in [0.4, 0.5) is 0 Å². The molecule has 4 heteroatoms. The largest absolute Gasteiger partial charge is 0.487 e. The van der Waals surface area contributed by atoms with Gasteiger partial charge in [0.25, 0.3) is 0 Å². The lowest BCUT2D eigenvalue weighted by Gasteiger charge is -2.05. The number of benzene rings is 2. The maximum absolute atomic E-state index is 5.72. The minimum absolute atomic E-state index is 0.446. The summed E-state index contributed by atoms with van der Waals surface area (Å²) in [5, 5.41) is 4.50. The van der Waals surface area contributed by atoms with E-state index in [0.29, 0.717) is 13.2 Å². The van der Waals surface area contributed by atoms with Gasteiger partial charge in [0, 0.05) is 12.7 Å². The van der Waals surface area contributed by atoms with Crippen molar-refractivity contribution in [2.45, 2.75) is 13.2 Å². The molecular formula is C17H17N3O. The average Bonchev–Trinajstić information content (AvgIpc) is 3.03. The third-order valence-electron chi connectivity index (χ3n) is 3.21. The summed E-state index contributed by atoms with van der Waals surface area (Å²) in [5.74, 6) is 0.821. The molecule has 4 nitrogen and oxygen atoms in total. The van der Waals surface area contributed by atoms with Gasteiger partial charge in [0.05, 0.1) is 5.69 Å². The summed E-state index contributed by atoms with van der Waals surface area (Å²) in [6, 6.07) is 19.8. The molecule has 0 bridgehead atoms. The molecule has 21 heavy (non-hydrogen) atoms. The third-order valence-corrected chi connectivity index (χ3v) is 3.21. The second-order valence-corrected chi connectivity index (χ2v) is 4.72. The molecule has 0 spiro atoms. The molecule has 3 rings (SSSR count). The van der Waals surface area contributed by atoms with Gasteiger partial charge in [0.2, 0.25) is 0 Å². The molecule has 0 aliphatic heterocycles. The third kappa shape index (κ3) is 3.30. The van der Waals surface area contributed by atoms with Crippen molar-refractivity contribution in [3.8, 4) is 11.4 Å². The van der Waals surface area contributed by atoms with Gasteiger partial charge in [-0.25, -0.2) is 4.68 Å². The van der Waals surface area contributed by atoms with Gasteiger partial charge in [-0.15, -0.1) is 0 Å². The van der Waals surface area contributed by atoms with E-state index in [0.717, 1.165) is 22.7 Å². The zero-order chi connectivity index (χ0) is 14.5. The summed E-state index contributed by atoms with van der Waals surface area (Å²) >= 11 is 0. The molecular weight excluding hydrogens is 262 g/mol. The average molecular weight is 279 g/mol. The number of rotatable bonds is 5. The van der Waals surface area contributed by atoms with Crippen molar-refractivity contribution in [2.75, 3.05) is 0 Å². The van der Waals surface area contributed by atoms with E-state index < -0.39 is 0 Å². The van der Waals surface area contributed by atoms with Crippen molar-refractivity contribution in [1.29, 1.82) is 0 Å². The van der Waals surface area contributed by atoms with Crippen molar-refractivity contribution in [1.82, 2.24) is 9.78 Å². The molecule has 0 atom stereocenters. The molecule has 1 aromatic heterocycles. The summed E-state index contributed by atoms with van der Waals surface area (Å²) < 4.78 is 7.57. The number of para-hydroxylation sites is 1. The highest BCUT2D eigenvalue weighted by molar-refractivity contribution is 5.30. The fourth-order valence-corrected chi connectivity index (χ4v) is 2.04. The van der Waals surface area contributed by atoms with Crippen molar-refractivity contribution >= 4 is 0 Å². The lowest BCUT2D eigenvalue weighted by atomic mass is 10.2. The maximum Gasteiger partial charge on any atom is 0.132 e. The van der Waals surface area contributed by atoms with Crippen LogP contribution in [0.5, 0.6) is 5.75 Å². The van der Waals surface area contributed by atoms with Gasteiger partial charge in [-0.05, 0) is 35.9 Å². The molecule has 0 amide bonds. The summed E-state index contributed by atoms with van der Waals surface area (Å²) in [6.07, 6.45) is 1.94. The Bertz CT molecular complexity index is 690. The van der Waals surface area contributed by atoms with Gasteiger partial charge in [-0.1, -0.05) is 30.3 Å². The Morgan fingerprint density at radius 1 is 0.952 bits per heavy atom. The van der Waals surface area contributed by atoms with Crippen LogP contribution in [0.1, 0.15) is 11.3 Å². The van der Waals surface area contributed by atoms with E-state index in [9.17, 15) is 0 Å². The van der Waals surface area contributed by atoms with Crippen molar-refractivity contribution in [3.05, 3.63) is 78.1 Å². The number of hydrogen-bond donors (Lipinski definition) is 1. The first-order chi connectivity index (χ1) is 10.3. The predicted molar refractivity (Wildman–Crippen MR) is 82.2 cm³/mol. The molecule has 106 valence electrons. The Balaban J connectivity index is 1.64. The molecule has 2 N–H and O–H groups in total. The smallest absolute Gasteiger partial charge is 0.132 e. The van der Waals surface area contributed by atoms with Crippen LogP contribution in [0.25, 0.3) is 5.69 Å². The topological polar surface area (TPSA) is 53.1 Å². The lowest BCUT2D eigenvalue weighted by Crippen LogP contribution is -2.00. The van der Waals surface area contributed by atoms with Crippen molar-refractivity contribution < 1.29 is 4.74 Å². The molecule has 2 aromatic carbocycles. The van der Waals surface area contributed by atoms with Crippen molar-refractivity contribution in [3.63, 3.8) is 0 Å². The Morgan fingerprint density at radius 2 is 1.71 bits per heavy atom. The van der Waals surface area contributed by atoms with E-state index in [1.54, 1.807) is 0 Å². The van der Waals surface area contributed by atoms with Crippen LogP contribution in [-0.4, -0.2) is 9.78 Å². The van der Waals surface area contributed by atoms with E-state index in [1.807, 2.05) is 71.5 Å². The van der Waals surface area contributed by atoms with Crippen LogP contribution in [-0.2, 0) is 13.2 Å². The Morgan fingerprint density at radius 3 is 2.43 bits per heavy atom. The molecule has 0 saturated heterocycles. The van der Waals surface area contributed by atoms with Crippen LogP contribution in [0, 0.1) is 0 Å². The number of nitrogens with two attached hydrogens (primary N) is 1. The fourth-order valence-electron chi connectivity index (χ4n) is 2.04. The zero-order valence-corrected chi connectivity index (χ0v) is 11.6. The van der Waals surface area contributed by atoms with Crippen LogP contribution < -0.4 is 10.5 Å². The first kappa shape index (κ1) is 13.4. The fraction of sp³-hybridized carbons (Fsp3) is 0.118. The summed E-state index contributed by atoms with van der Waals surface area (Å²) in [5.41, 5.74) is 8.59. The molecule has 1 heterocycles. The number of ether oxygens (including phenoxy) is 1. The van der Waals surface area contributed by atoms with Gasteiger partial charge in [-0.3, -0.25) is 0 Å². The van der Waals surface area contributed by atoms with Gasteiger partial charge in [0.15, 0.2) is 0 Å². The van der Waals surface area contributed by atoms with Crippen LogP contribution in [0.15, 0.2) is 66.9 Å². The molecule has 0 aliphatic rings. The minimum atomic E-state index is 0.446. The number of aromatic nitrogens is 2. The van der Waals surface area contributed by atoms with E-state index in [4.69, 9.17) is 10.5 Å². The maximum atomic E-state index is 5.72. The lowest BCUT2D eigenvalue weighted by molar-refractivity contribution is 0.300. The highest BCUT2D eigenvalue weighted by Crippen LogP contribution is 2.14. The van der Waals surface area contributed by atoms with Gasteiger partial charge < -0.3 is 10.5 Å². The predicted octanol–water partition coefficient (Wildman–Crippen LogP) is 2.91. The zero-order valence-electron chi connectivity index (χ0n) is 11.6. The van der Waals surface area contributed by atoms with Gasteiger partial charge in [0.1, 0.15) is 18.1 Å². The summed E-state index contributed by atoms with van der Waals surface area (Å²) in [7, 11) is 0. The summed E-state index contributed by atoms with van der Waals surface area (Å²) in [6.45, 7) is 0.990. The Labute approximate surface area is 123 Å². The number of hydrogen-bond acceptors (Lipinski definition) is 3. The molecule has 0 aliphatic carbocycles. The van der Waals surface area contributed by atoms with Crippen LogP contribution in [0.3, 0.4) is 0 Å². The minimum Gasteiger partial charge on any atom is -0.487 e. The van der Waals surface area contributed by atoms with E-state index >= 15 is 0 Å². The normalized spacial score (nSPS) is 10.5. The SMILES string of the molecule is NCc1ccc(OCc2ccn(-c3ccccc3)n2)cc1. The first-order valence-corrected chi connectivity index (χ1v) is 6.87. The highest BCUT2D eigenvalue weighted by Gasteiger charge is 2.02. The molecule has 0 unspecified atom stereocenters. The molecule has 0 radical (unpaired) electrons. The highest BCUT2D eigenvalue weighted by atomic mass is 16.5. The number of nitrogens with zero attached hydrogens (tertiary/aromatic N) is 2. The monoisotopic (exact) mass is 279 g/mol. The molecule has 3 aromatic rings. The van der Waals surface area contributed by atoms with E-state index in [2.05, 4.69) is 5.10 Å². The molecule has 0 saturated carbocycles. The standard InChI is InChI=1S/C17H17N3O/c18-12-14-6-8-17(9-7-14)21-13-15-10-11-20(19-15)16-4-2-1-3-5-16/h1-11H,12-13,18H2. The second-order valence-electron chi connectivity index (χ2n) is 4.72. The Hall–Kier alpha value is -2.59. The van der Waals surface area contributed by atoms with E-state index in [1.165, 1.54) is 0 Å². The summed E-state index contributed by atoms with van der Waals surface area (Å²) in [4.78, 5) is 0.